The van der Waals surface area contributed by atoms with Crippen molar-refractivity contribution in [3.8, 4) is 6.07 Å². The van der Waals surface area contributed by atoms with E-state index in [1.165, 1.54) is 24.2 Å². The zero-order valence-corrected chi connectivity index (χ0v) is 7.86. The monoisotopic (exact) mass is 203 g/mol. The van der Waals surface area contributed by atoms with Crippen molar-refractivity contribution in [2.24, 2.45) is 0 Å². The first kappa shape index (κ1) is 8.78. The first-order valence-corrected chi connectivity index (χ1v) is 4.63. The Labute approximate surface area is 84.6 Å². The van der Waals surface area contributed by atoms with E-state index in [4.69, 9.17) is 9.68 Å². The van der Waals surface area contributed by atoms with Gasteiger partial charge in [-0.15, -0.1) is 0 Å². The minimum atomic E-state index is 0.543. The maximum absolute atomic E-state index is 8.56. The molecular weight excluding hydrogens is 198 g/mol. The molecule has 0 aromatic carbocycles. The lowest BCUT2D eigenvalue weighted by Crippen LogP contribution is -1.81. The predicted octanol–water partition coefficient (Wildman–Crippen LogP) is 2.09. The van der Waals surface area contributed by atoms with E-state index < -0.39 is 0 Å². The Morgan fingerprint density at radius 3 is 2.86 bits per heavy atom. The van der Waals surface area contributed by atoms with Gasteiger partial charge in [0.2, 0.25) is 0 Å². The third-order valence-corrected chi connectivity index (χ3v) is 2.29. The summed E-state index contributed by atoms with van der Waals surface area (Å²) in [4.78, 5) is 8.01. The molecule has 0 amide bonds. The van der Waals surface area contributed by atoms with Crippen LogP contribution in [0.5, 0.6) is 0 Å². The second-order valence-electron chi connectivity index (χ2n) is 2.40. The van der Waals surface area contributed by atoms with Gasteiger partial charge in [-0.1, -0.05) is 0 Å². The fourth-order valence-electron chi connectivity index (χ4n) is 0.857. The van der Waals surface area contributed by atoms with Gasteiger partial charge >= 0.3 is 0 Å². The van der Waals surface area contributed by atoms with Crippen LogP contribution in [0, 0.1) is 11.3 Å². The average Bonchev–Trinajstić information content (AvgIpc) is 2.72. The van der Waals surface area contributed by atoms with Crippen LogP contribution in [0.3, 0.4) is 0 Å². The molecule has 0 aliphatic carbocycles. The third-order valence-electron chi connectivity index (χ3n) is 1.47. The lowest BCUT2D eigenvalue weighted by atomic mass is 10.3. The van der Waals surface area contributed by atoms with Crippen LogP contribution in [0.15, 0.2) is 45.5 Å². The van der Waals surface area contributed by atoms with E-state index in [1.807, 2.05) is 6.07 Å². The minimum Gasteiger partial charge on any atom is -0.440 e. The molecule has 68 valence electrons. The van der Waals surface area contributed by atoms with E-state index in [-0.39, 0.29) is 0 Å². The topological polar surface area (TPSA) is 62.7 Å². The number of oxazole rings is 1. The van der Waals surface area contributed by atoms with Gasteiger partial charge in [-0.2, -0.15) is 5.26 Å². The van der Waals surface area contributed by atoms with Crippen molar-refractivity contribution in [1.82, 2.24) is 9.97 Å². The Balaban J connectivity index is 2.15. The van der Waals surface area contributed by atoms with Gasteiger partial charge in [0, 0.05) is 6.20 Å². The van der Waals surface area contributed by atoms with Gasteiger partial charge in [0.05, 0.1) is 11.8 Å². The first-order chi connectivity index (χ1) is 6.88. The molecule has 0 saturated carbocycles. The molecule has 0 aliphatic rings. The standard InChI is InChI=1S/C9H5N3OS/c10-5-7-1-2-8(12-6-7)14-9-11-3-4-13-9/h1-4,6H. The highest BCUT2D eigenvalue weighted by molar-refractivity contribution is 7.99. The molecule has 0 radical (unpaired) electrons. The summed E-state index contributed by atoms with van der Waals surface area (Å²) in [6, 6.07) is 5.47. The molecular formula is C9H5N3OS. The summed E-state index contributed by atoms with van der Waals surface area (Å²) in [5, 5.41) is 9.86. The summed E-state index contributed by atoms with van der Waals surface area (Å²) in [5.41, 5.74) is 0.543. The molecule has 5 heteroatoms. The summed E-state index contributed by atoms with van der Waals surface area (Å²) in [5.74, 6) is 0. The fraction of sp³-hybridized carbons (Fsp3) is 0. The van der Waals surface area contributed by atoms with Crippen LogP contribution >= 0.6 is 11.8 Å². The Kier molecular flexibility index (Phi) is 2.47. The number of pyridine rings is 1. The number of rotatable bonds is 2. The molecule has 2 aromatic heterocycles. The summed E-state index contributed by atoms with van der Waals surface area (Å²) < 4.78 is 5.04. The maximum Gasteiger partial charge on any atom is 0.261 e. The molecule has 0 saturated heterocycles. The molecule has 2 heterocycles. The van der Waals surface area contributed by atoms with Gasteiger partial charge in [0.25, 0.3) is 5.22 Å². The Morgan fingerprint density at radius 1 is 1.36 bits per heavy atom. The van der Waals surface area contributed by atoms with Crippen LogP contribution in [0.4, 0.5) is 0 Å². The molecule has 0 fully saturated rings. The molecule has 0 unspecified atom stereocenters. The summed E-state index contributed by atoms with van der Waals surface area (Å²) in [6.07, 6.45) is 4.60. The van der Waals surface area contributed by atoms with Gasteiger partial charge in [-0.05, 0) is 23.9 Å². The van der Waals surface area contributed by atoms with Crippen LogP contribution in [0.2, 0.25) is 0 Å². The predicted molar refractivity (Wildman–Crippen MR) is 49.6 cm³/mol. The van der Waals surface area contributed by atoms with Crippen molar-refractivity contribution in [2.75, 3.05) is 0 Å². The number of aromatic nitrogens is 2. The van der Waals surface area contributed by atoms with Crippen molar-refractivity contribution >= 4 is 11.8 Å². The highest BCUT2D eigenvalue weighted by Gasteiger charge is 2.02. The number of hydrogen-bond acceptors (Lipinski definition) is 5. The maximum atomic E-state index is 8.56. The van der Waals surface area contributed by atoms with E-state index in [1.54, 1.807) is 18.3 Å². The van der Waals surface area contributed by atoms with Crippen LogP contribution in [-0.2, 0) is 0 Å². The Morgan fingerprint density at radius 2 is 2.29 bits per heavy atom. The molecule has 2 aromatic rings. The van der Waals surface area contributed by atoms with Gasteiger partial charge in [0.1, 0.15) is 17.4 Å². The molecule has 4 nitrogen and oxygen atoms in total. The zero-order chi connectivity index (χ0) is 9.80. The van der Waals surface area contributed by atoms with Crippen molar-refractivity contribution in [2.45, 2.75) is 10.2 Å². The average molecular weight is 203 g/mol. The van der Waals surface area contributed by atoms with Crippen LogP contribution in [-0.4, -0.2) is 9.97 Å². The highest BCUT2D eigenvalue weighted by Crippen LogP contribution is 2.23. The quantitative estimate of drug-likeness (QED) is 0.747. The second-order valence-corrected chi connectivity index (χ2v) is 3.37. The summed E-state index contributed by atoms with van der Waals surface area (Å²) >= 11 is 1.32. The first-order valence-electron chi connectivity index (χ1n) is 3.82. The molecule has 0 bridgehead atoms. The van der Waals surface area contributed by atoms with Crippen molar-refractivity contribution < 1.29 is 4.42 Å². The van der Waals surface area contributed by atoms with E-state index in [0.29, 0.717) is 10.8 Å². The van der Waals surface area contributed by atoms with Crippen molar-refractivity contribution in [1.29, 1.82) is 5.26 Å². The fourth-order valence-corrected chi connectivity index (χ4v) is 1.49. The molecule has 14 heavy (non-hydrogen) atoms. The number of hydrogen-bond donors (Lipinski definition) is 0. The largest absolute Gasteiger partial charge is 0.440 e. The zero-order valence-electron chi connectivity index (χ0n) is 7.04. The minimum absolute atomic E-state index is 0.543. The number of nitriles is 1. The van der Waals surface area contributed by atoms with Gasteiger partial charge in [-0.3, -0.25) is 0 Å². The Bertz CT molecular complexity index is 444. The molecule has 2 rings (SSSR count). The smallest absolute Gasteiger partial charge is 0.261 e. The van der Waals surface area contributed by atoms with E-state index in [0.717, 1.165) is 5.03 Å². The second kappa shape index (κ2) is 3.94. The normalized spacial score (nSPS) is 9.64. The SMILES string of the molecule is N#Cc1ccc(Sc2ncco2)nc1. The van der Waals surface area contributed by atoms with Crippen molar-refractivity contribution in [3.63, 3.8) is 0 Å². The van der Waals surface area contributed by atoms with Crippen LogP contribution in [0.1, 0.15) is 5.56 Å². The van der Waals surface area contributed by atoms with E-state index >= 15 is 0 Å². The van der Waals surface area contributed by atoms with Gasteiger partial charge < -0.3 is 4.42 Å². The lowest BCUT2D eigenvalue weighted by Gasteiger charge is -1.94. The van der Waals surface area contributed by atoms with Crippen LogP contribution < -0.4 is 0 Å². The van der Waals surface area contributed by atoms with E-state index in [2.05, 4.69) is 9.97 Å². The molecule has 0 N–H and O–H groups in total. The highest BCUT2D eigenvalue weighted by atomic mass is 32.2. The van der Waals surface area contributed by atoms with E-state index in [9.17, 15) is 0 Å². The summed E-state index contributed by atoms with van der Waals surface area (Å²) in [7, 11) is 0. The number of nitrogens with zero attached hydrogens (tertiary/aromatic N) is 3. The Hall–Kier alpha value is -1.80. The molecule has 0 spiro atoms. The molecule has 0 aliphatic heterocycles. The third kappa shape index (κ3) is 1.92. The lowest BCUT2D eigenvalue weighted by molar-refractivity contribution is 0.454. The van der Waals surface area contributed by atoms with Gasteiger partial charge in [-0.25, -0.2) is 9.97 Å². The summed E-state index contributed by atoms with van der Waals surface area (Å²) in [6.45, 7) is 0. The van der Waals surface area contributed by atoms with Gasteiger partial charge in [0.15, 0.2) is 0 Å². The molecule has 0 atom stereocenters. The van der Waals surface area contributed by atoms with Crippen molar-refractivity contribution in [3.05, 3.63) is 36.4 Å². The van der Waals surface area contributed by atoms with Crippen LogP contribution in [0.25, 0.3) is 0 Å².